The van der Waals surface area contributed by atoms with Gasteiger partial charge in [-0.25, -0.2) is 9.67 Å². The van der Waals surface area contributed by atoms with E-state index in [2.05, 4.69) is 20.4 Å². The van der Waals surface area contributed by atoms with Crippen molar-refractivity contribution in [1.29, 1.82) is 0 Å². The topological polar surface area (TPSA) is 72.7 Å². The van der Waals surface area contributed by atoms with Crippen molar-refractivity contribution in [2.75, 3.05) is 0 Å². The SMILES string of the molecule is Cc1c([C@@H](C)NC(=O)c2cnccn2)cnn1-c1cccc(C(F)(F)F)c1. The van der Waals surface area contributed by atoms with Crippen molar-refractivity contribution >= 4 is 5.91 Å². The van der Waals surface area contributed by atoms with Crippen LogP contribution in [0.4, 0.5) is 13.2 Å². The highest BCUT2D eigenvalue weighted by Crippen LogP contribution is 2.31. The molecule has 1 atom stereocenters. The maximum atomic E-state index is 12.9. The van der Waals surface area contributed by atoms with Crippen molar-refractivity contribution in [2.45, 2.75) is 26.1 Å². The number of alkyl halides is 3. The number of aromatic nitrogens is 4. The predicted molar refractivity (Wildman–Crippen MR) is 91.2 cm³/mol. The fourth-order valence-electron chi connectivity index (χ4n) is 2.69. The van der Waals surface area contributed by atoms with Crippen LogP contribution in [0.3, 0.4) is 0 Å². The summed E-state index contributed by atoms with van der Waals surface area (Å²) >= 11 is 0. The van der Waals surface area contributed by atoms with Gasteiger partial charge in [0.25, 0.3) is 5.91 Å². The molecule has 9 heteroatoms. The normalized spacial score (nSPS) is 12.6. The fraction of sp³-hybridized carbons (Fsp3) is 0.222. The number of benzene rings is 1. The van der Waals surface area contributed by atoms with E-state index in [1.54, 1.807) is 19.9 Å². The van der Waals surface area contributed by atoms with Crippen molar-refractivity contribution in [2.24, 2.45) is 0 Å². The first-order valence-corrected chi connectivity index (χ1v) is 8.06. The van der Waals surface area contributed by atoms with Crippen molar-refractivity contribution in [3.63, 3.8) is 0 Å². The molecule has 1 N–H and O–H groups in total. The van der Waals surface area contributed by atoms with Crippen LogP contribution >= 0.6 is 0 Å². The van der Waals surface area contributed by atoms with E-state index in [1.807, 2.05) is 0 Å². The lowest BCUT2D eigenvalue weighted by Crippen LogP contribution is -2.27. The van der Waals surface area contributed by atoms with E-state index < -0.39 is 23.7 Å². The van der Waals surface area contributed by atoms with Crippen LogP contribution in [0, 0.1) is 6.92 Å². The third kappa shape index (κ3) is 3.97. The highest BCUT2D eigenvalue weighted by Gasteiger charge is 2.30. The zero-order chi connectivity index (χ0) is 19.6. The van der Waals surface area contributed by atoms with Crippen LogP contribution in [0.25, 0.3) is 5.69 Å². The van der Waals surface area contributed by atoms with Crippen LogP contribution in [-0.2, 0) is 6.18 Å². The Morgan fingerprint density at radius 2 is 2.00 bits per heavy atom. The van der Waals surface area contributed by atoms with Crippen molar-refractivity contribution in [3.05, 3.63) is 71.6 Å². The van der Waals surface area contributed by atoms with Gasteiger partial charge in [0.1, 0.15) is 5.69 Å². The molecule has 140 valence electrons. The zero-order valence-electron chi connectivity index (χ0n) is 14.5. The number of nitrogens with zero attached hydrogens (tertiary/aromatic N) is 4. The van der Waals surface area contributed by atoms with Crippen LogP contribution in [0.2, 0.25) is 0 Å². The molecular formula is C18H16F3N5O. The summed E-state index contributed by atoms with van der Waals surface area (Å²) in [7, 11) is 0. The van der Waals surface area contributed by atoms with Gasteiger partial charge in [-0.1, -0.05) is 6.07 Å². The first-order chi connectivity index (χ1) is 12.8. The summed E-state index contributed by atoms with van der Waals surface area (Å²) in [6.45, 7) is 3.49. The number of hydrogen-bond acceptors (Lipinski definition) is 4. The molecule has 3 aromatic rings. The Balaban J connectivity index is 1.84. The second-order valence-corrected chi connectivity index (χ2v) is 5.93. The zero-order valence-corrected chi connectivity index (χ0v) is 14.5. The molecule has 0 saturated carbocycles. The molecular weight excluding hydrogens is 359 g/mol. The second kappa shape index (κ2) is 7.18. The van der Waals surface area contributed by atoms with Crippen molar-refractivity contribution < 1.29 is 18.0 Å². The number of hydrogen-bond donors (Lipinski definition) is 1. The molecule has 2 heterocycles. The lowest BCUT2D eigenvalue weighted by atomic mass is 10.1. The summed E-state index contributed by atoms with van der Waals surface area (Å²) in [4.78, 5) is 20.0. The maximum absolute atomic E-state index is 12.9. The largest absolute Gasteiger partial charge is 0.416 e. The molecule has 0 aliphatic rings. The Labute approximate surface area is 153 Å². The molecule has 0 aliphatic carbocycles. The Kier molecular flexibility index (Phi) is 4.93. The molecule has 3 rings (SSSR count). The average Bonchev–Trinajstić information content (AvgIpc) is 3.03. The maximum Gasteiger partial charge on any atom is 0.416 e. The number of carbonyl (C=O) groups is 1. The molecule has 0 unspecified atom stereocenters. The summed E-state index contributed by atoms with van der Waals surface area (Å²) in [5.74, 6) is -0.401. The highest BCUT2D eigenvalue weighted by atomic mass is 19.4. The summed E-state index contributed by atoms with van der Waals surface area (Å²) < 4.78 is 40.2. The summed E-state index contributed by atoms with van der Waals surface area (Å²) in [5.41, 5.74) is 1.03. The minimum atomic E-state index is -4.43. The van der Waals surface area contributed by atoms with Crippen LogP contribution in [-0.4, -0.2) is 25.7 Å². The molecule has 0 spiro atoms. The third-order valence-electron chi connectivity index (χ3n) is 4.08. The molecule has 2 aromatic heterocycles. The fourth-order valence-corrected chi connectivity index (χ4v) is 2.69. The number of amides is 1. The standard InChI is InChI=1S/C18H16F3N5O/c1-11(25-17(27)16-10-22-6-7-23-16)15-9-24-26(12(15)2)14-5-3-4-13(8-14)18(19,20)21/h3-11H,1-2H3,(H,25,27)/t11-/m1/s1. The van der Waals surface area contributed by atoms with Gasteiger partial charge in [-0.2, -0.15) is 18.3 Å². The van der Waals surface area contributed by atoms with E-state index in [-0.39, 0.29) is 5.69 Å². The Bertz CT molecular complexity index is 953. The molecule has 1 aromatic carbocycles. The van der Waals surface area contributed by atoms with Gasteiger partial charge in [0.2, 0.25) is 0 Å². The number of carbonyl (C=O) groups excluding carboxylic acids is 1. The van der Waals surface area contributed by atoms with Gasteiger partial charge >= 0.3 is 6.18 Å². The molecule has 0 saturated heterocycles. The van der Waals surface area contributed by atoms with Gasteiger partial charge in [0.15, 0.2) is 0 Å². The van der Waals surface area contributed by atoms with Crippen LogP contribution in [0.5, 0.6) is 0 Å². The second-order valence-electron chi connectivity index (χ2n) is 5.93. The molecule has 6 nitrogen and oxygen atoms in total. The van der Waals surface area contributed by atoms with E-state index in [4.69, 9.17) is 0 Å². The smallest absolute Gasteiger partial charge is 0.344 e. The minimum Gasteiger partial charge on any atom is -0.344 e. The quantitative estimate of drug-likeness (QED) is 0.758. The average molecular weight is 375 g/mol. The van der Waals surface area contributed by atoms with E-state index >= 15 is 0 Å². The van der Waals surface area contributed by atoms with Gasteiger partial charge in [-0.15, -0.1) is 0 Å². The molecule has 0 bridgehead atoms. The minimum absolute atomic E-state index is 0.173. The summed E-state index contributed by atoms with van der Waals surface area (Å²) in [5, 5.41) is 6.96. The Morgan fingerprint density at radius 3 is 2.67 bits per heavy atom. The number of nitrogens with one attached hydrogen (secondary N) is 1. The van der Waals surface area contributed by atoms with E-state index in [0.717, 1.165) is 12.1 Å². The molecule has 1 amide bonds. The summed E-state index contributed by atoms with van der Waals surface area (Å²) in [6.07, 6.45) is 1.32. The van der Waals surface area contributed by atoms with E-state index in [1.165, 1.54) is 35.5 Å². The first-order valence-electron chi connectivity index (χ1n) is 8.06. The van der Waals surface area contributed by atoms with Gasteiger partial charge in [0, 0.05) is 23.7 Å². The first kappa shape index (κ1) is 18.6. The predicted octanol–water partition coefficient (Wildman–Crippen LogP) is 3.48. The van der Waals surface area contributed by atoms with Crippen LogP contribution in [0.1, 0.15) is 40.3 Å². The van der Waals surface area contributed by atoms with Crippen LogP contribution in [0.15, 0.2) is 49.1 Å². The van der Waals surface area contributed by atoms with Crippen molar-refractivity contribution in [3.8, 4) is 5.69 Å². The van der Waals surface area contributed by atoms with Crippen LogP contribution < -0.4 is 5.32 Å². The summed E-state index contributed by atoms with van der Waals surface area (Å²) in [6, 6.07) is 4.50. The van der Waals surface area contributed by atoms with E-state index in [0.29, 0.717) is 16.9 Å². The highest BCUT2D eigenvalue weighted by molar-refractivity contribution is 5.92. The lowest BCUT2D eigenvalue weighted by Gasteiger charge is -2.14. The Hall–Kier alpha value is -3.23. The lowest BCUT2D eigenvalue weighted by molar-refractivity contribution is -0.137. The Morgan fingerprint density at radius 1 is 1.22 bits per heavy atom. The molecule has 0 aliphatic heterocycles. The van der Waals surface area contributed by atoms with E-state index in [9.17, 15) is 18.0 Å². The monoisotopic (exact) mass is 375 g/mol. The van der Waals surface area contributed by atoms with Crippen molar-refractivity contribution in [1.82, 2.24) is 25.1 Å². The number of rotatable bonds is 4. The van der Waals surface area contributed by atoms with Gasteiger partial charge in [0.05, 0.1) is 29.7 Å². The van der Waals surface area contributed by atoms with Gasteiger partial charge in [-0.05, 0) is 32.0 Å². The van der Waals surface area contributed by atoms with Gasteiger partial charge < -0.3 is 5.32 Å². The van der Waals surface area contributed by atoms with Gasteiger partial charge in [-0.3, -0.25) is 9.78 Å². The number of halogens is 3. The third-order valence-corrected chi connectivity index (χ3v) is 4.08. The molecule has 0 fully saturated rings. The molecule has 0 radical (unpaired) electrons. The molecule has 27 heavy (non-hydrogen) atoms.